The van der Waals surface area contributed by atoms with E-state index in [0.717, 1.165) is 12.1 Å². The minimum atomic E-state index is -0.954. The van der Waals surface area contributed by atoms with E-state index in [4.69, 9.17) is 0 Å². The van der Waals surface area contributed by atoms with Crippen LogP contribution in [0.4, 0.5) is 19.3 Å². The number of pyridine rings is 1. The summed E-state index contributed by atoms with van der Waals surface area (Å²) in [7, 11) is 0. The third-order valence-electron chi connectivity index (χ3n) is 3.54. The molecule has 0 bridgehead atoms. The van der Waals surface area contributed by atoms with Crippen molar-refractivity contribution in [3.63, 3.8) is 0 Å². The van der Waals surface area contributed by atoms with Crippen LogP contribution in [0.25, 0.3) is 5.82 Å². The molecule has 0 radical (unpaired) electrons. The Morgan fingerprint density at radius 1 is 1.20 bits per heavy atom. The highest BCUT2D eigenvalue weighted by atomic mass is 19.2. The van der Waals surface area contributed by atoms with Crippen LogP contribution in [0.15, 0.2) is 55.0 Å². The summed E-state index contributed by atoms with van der Waals surface area (Å²) in [5.41, 5.74) is 0.951. The molecule has 2 amide bonds. The van der Waals surface area contributed by atoms with Crippen molar-refractivity contribution in [1.82, 2.24) is 20.1 Å². The first-order chi connectivity index (χ1) is 12.0. The molecule has 6 nitrogen and oxygen atoms in total. The first kappa shape index (κ1) is 16.6. The molecule has 1 aromatic carbocycles. The van der Waals surface area contributed by atoms with Gasteiger partial charge in [-0.15, -0.1) is 0 Å². The lowest BCUT2D eigenvalue weighted by Crippen LogP contribution is -2.31. The van der Waals surface area contributed by atoms with Crippen LogP contribution in [0.3, 0.4) is 0 Å². The van der Waals surface area contributed by atoms with Gasteiger partial charge in [-0.1, -0.05) is 6.07 Å². The quantitative estimate of drug-likeness (QED) is 0.762. The highest BCUT2D eigenvalue weighted by Gasteiger charge is 2.12. The van der Waals surface area contributed by atoms with Crippen LogP contribution in [0.2, 0.25) is 0 Å². The Morgan fingerprint density at radius 2 is 2.04 bits per heavy atom. The van der Waals surface area contributed by atoms with Gasteiger partial charge in [0.25, 0.3) is 0 Å². The summed E-state index contributed by atoms with van der Waals surface area (Å²) in [6.07, 6.45) is 4.89. The van der Waals surface area contributed by atoms with Gasteiger partial charge in [0.1, 0.15) is 0 Å². The minimum absolute atomic E-state index is 0.459. The molecule has 2 N–H and O–H groups in total. The summed E-state index contributed by atoms with van der Waals surface area (Å²) in [5, 5.41) is 9.34. The number of nitrogens with zero attached hydrogens (tertiary/aromatic N) is 3. The number of carbonyl (C=O) groups is 1. The molecule has 1 atom stereocenters. The van der Waals surface area contributed by atoms with Gasteiger partial charge in [0.2, 0.25) is 0 Å². The number of rotatable bonds is 4. The summed E-state index contributed by atoms with van der Waals surface area (Å²) in [5.74, 6) is -1.26. The number of halogens is 2. The van der Waals surface area contributed by atoms with Gasteiger partial charge < -0.3 is 10.6 Å². The lowest BCUT2D eigenvalue weighted by molar-refractivity contribution is 0.249. The molecule has 0 aliphatic carbocycles. The van der Waals surface area contributed by atoms with E-state index in [9.17, 15) is 13.6 Å². The standard InChI is InChI=1S/C17H15F2N5O/c1-11(12-3-5-14(18)15(19)9-12)22-17(25)23-13-4-6-16(20-10-13)24-8-2-7-21-24/h2-11H,1H3,(H2,22,23,25). The Bertz CT molecular complexity index is 865. The van der Waals surface area contributed by atoms with E-state index in [1.54, 1.807) is 42.2 Å². The Kier molecular flexibility index (Phi) is 4.69. The van der Waals surface area contributed by atoms with Crippen LogP contribution in [-0.2, 0) is 0 Å². The van der Waals surface area contributed by atoms with E-state index in [1.165, 1.54) is 12.3 Å². The molecule has 0 saturated heterocycles. The second-order valence-corrected chi connectivity index (χ2v) is 5.35. The molecular formula is C17H15F2N5O. The maximum Gasteiger partial charge on any atom is 0.319 e. The average molecular weight is 343 g/mol. The zero-order valence-electron chi connectivity index (χ0n) is 13.3. The molecule has 25 heavy (non-hydrogen) atoms. The van der Waals surface area contributed by atoms with Crippen molar-refractivity contribution in [3.05, 3.63) is 72.2 Å². The summed E-state index contributed by atoms with van der Waals surface area (Å²) in [6.45, 7) is 1.67. The normalized spacial score (nSPS) is 11.8. The predicted molar refractivity (Wildman–Crippen MR) is 88.3 cm³/mol. The zero-order valence-corrected chi connectivity index (χ0v) is 13.3. The lowest BCUT2D eigenvalue weighted by atomic mass is 10.1. The van der Waals surface area contributed by atoms with E-state index in [-0.39, 0.29) is 0 Å². The van der Waals surface area contributed by atoms with E-state index in [1.807, 2.05) is 0 Å². The molecule has 3 aromatic rings. The molecule has 0 aliphatic heterocycles. The van der Waals surface area contributed by atoms with Crippen LogP contribution in [0.5, 0.6) is 0 Å². The fourth-order valence-electron chi connectivity index (χ4n) is 2.23. The maximum atomic E-state index is 13.3. The van der Waals surface area contributed by atoms with Gasteiger partial charge >= 0.3 is 6.03 Å². The Morgan fingerprint density at radius 3 is 2.68 bits per heavy atom. The number of carbonyl (C=O) groups excluding carboxylic acids is 1. The van der Waals surface area contributed by atoms with E-state index in [0.29, 0.717) is 17.1 Å². The van der Waals surface area contributed by atoms with Crippen LogP contribution in [0, 0.1) is 11.6 Å². The summed E-state index contributed by atoms with van der Waals surface area (Å²) < 4.78 is 27.8. The number of nitrogens with one attached hydrogen (secondary N) is 2. The number of anilines is 1. The third kappa shape index (κ3) is 3.97. The maximum absolute atomic E-state index is 13.3. The Hall–Kier alpha value is -3.29. The fraction of sp³-hybridized carbons (Fsp3) is 0.118. The number of benzene rings is 1. The molecule has 2 aromatic heterocycles. The monoisotopic (exact) mass is 343 g/mol. The number of urea groups is 1. The van der Waals surface area contributed by atoms with Gasteiger partial charge in [0.15, 0.2) is 17.5 Å². The SMILES string of the molecule is CC(NC(=O)Nc1ccc(-n2cccn2)nc1)c1ccc(F)c(F)c1. The average Bonchev–Trinajstić information content (AvgIpc) is 3.12. The van der Waals surface area contributed by atoms with Gasteiger partial charge in [0, 0.05) is 12.4 Å². The second kappa shape index (κ2) is 7.08. The van der Waals surface area contributed by atoms with Crippen LogP contribution >= 0.6 is 0 Å². The van der Waals surface area contributed by atoms with Crippen molar-refractivity contribution in [2.75, 3.05) is 5.32 Å². The molecule has 1 unspecified atom stereocenters. The van der Waals surface area contributed by atoms with Crippen molar-refractivity contribution < 1.29 is 13.6 Å². The van der Waals surface area contributed by atoms with Gasteiger partial charge in [-0.05, 0) is 42.8 Å². The van der Waals surface area contributed by atoms with Crippen molar-refractivity contribution in [2.45, 2.75) is 13.0 Å². The highest BCUT2D eigenvalue weighted by molar-refractivity contribution is 5.89. The Labute approximate surface area is 142 Å². The molecule has 2 heterocycles. The molecule has 0 aliphatic rings. The van der Waals surface area contributed by atoms with Gasteiger partial charge in [-0.25, -0.2) is 23.2 Å². The fourth-order valence-corrected chi connectivity index (χ4v) is 2.23. The molecule has 0 fully saturated rings. The molecule has 3 rings (SSSR count). The summed E-state index contributed by atoms with van der Waals surface area (Å²) in [4.78, 5) is 16.2. The van der Waals surface area contributed by atoms with Crippen LogP contribution < -0.4 is 10.6 Å². The largest absolute Gasteiger partial charge is 0.331 e. The predicted octanol–water partition coefficient (Wildman–Crippen LogP) is 3.43. The van der Waals surface area contributed by atoms with Gasteiger partial charge in [-0.2, -0.15) is 5.10 Å². The van der Waals surface area contributed by atoms with Crippen LogP contribution in [0.1, 0.15) is 18.5 Å². The highest BCUT2D eigenvalue weighted by Crippen LogP contribution is 2.16. The van der Waals surface area contributed by atoms with E-state index < -0.39 is 23.7 Å². The first-order valence-electron chi connectivity index (χ1n) is 7.51. The number of amides is 2. The molecule has 128 valence electrons. The summed E-state index contributed by atoms with van der Waals surface area (Å²) in [6, 6.07) is 7.70. The third-order valence-corrected chi connectivity index (χ3v) is 3.54. The number of hydrogen-bond acceptors (Lipinski definition) is 3. The Balaban J connectivity index is 1.61. The van der Waals surface area contributed by atoms with E-state index in [2.05, 4.69) is 20.7 Å². The van der Waals surface area contributed by atoms with Crippen molar-refractivity contribution in [1.29, 1.82) is 0 Å². The lowest BCUT2D eigenvalue weighted by Gasteiger charge is -2.15. The number of hydrogen-bond donors (Lipinski definition) is 2. The topological polar surface area (TPSA) is 71.8 Å². The van der Waals surface area contributed by atoms with E-state index >= 15 is 0 Å². The molecular weight excluding hydrogens is 328 g/mol. The first-order valence-corrected chi connectivity index (χ1v) is 7.51. The molecule has 8 heteroatoms. The van der Waals surface area contributed by atoms with Gasteiger partial charge in [-0.3, -0.25) is 0 Å². The van der Waals surface area contributed by atoms with Gasteiger partial charge in [0.05, 0.1) is 17.9 Å². The summed E-state index contributed by atoms with van der Waals surface area (Å²) >= 11 is 0. The van der Waals surface area contributed by atoms with Crippen molar-refractivity contribution >= 4 is 11.7 Å². The number of aromatic nitrogens is 3. The molecule has 0 saturated carbocycles. The van der Waals surface area contributed by atoms with Crippen molar-refractivity contribution in [2.24, 2.45) is 0 Å². The smallest absolute Gasteiger partial charge is 0.319 e. The zero-order chi connectivity index (χ0) is 17.8. The minimum Gasteiger partial charge on any atom is -0.331 e. The van der Waals surface area contributed by atoms with Crippen LogP contribution in [-0.4, -0.2) is 20.8 Å². The second-order valence-electron chi connectivity index (χ2n) is 5.35. The molecule has 0 spiro atoms. The van der Waals surface area contributed by atoms with Crippen molar-refractivity contribution in [3.8, 4) is 5.82 Å².